The first-order valence-electron chi connectivity index (χ1n) is 7.68. The molecular formula is C17H22N4O2S. The number of urea groups is 1. The van der Waals surface area contributed by atoms with Crippen LogP contribution >= 0.6 is 11.3 Å². The number of nitrogens with one attached hydrogen (secondary N) is 2. The second-order valence-corrected chi connectivity index (χ2v) is 6.94. The lowest BCUT2D eigenvalue weighted by Crippen LogP contribution is -2.31. The van der Waals surface area contributed by atoms with Crippen LogP contribution < -0.4 is 15.5 Å². The van der Waals surface area contributed by atoms with Gasteiger partial charge in [0.1, 0.15) is 0 Å². The van der Waals surface area contributed by atoms with Crippen LogP contribution in [-0.4, -0.2) is 30.5 Å². The van der Waals surface area contributed by atoms with Crippen molar-refractivity contribution in [1.29, 1.82) is 0 Å². The summed E-state index contributed by atoms with van der Waals surface area (Å²) in [6, 6.07) is 6.87. The second kappa shape index (κ2) is 7.92. The van der Waals surface area contributed by atoms with Crippen LogP contribution in [0.2, 0.25) is 0 Å². The number of hydrogen-bond acceptors (Lipinski definition) is 4. The molecule has 0 saturated heterocycles. The van der Waals surface area contributed by atoms with Gasteiger partial charge in [-0.2, -0.15) is 0 Å². The standard InChI is InChI=1S/C17H22N4O2S/c1-11(16-18-10-12(2)24-16)9-19-17(23)20-14-6-5-7-15(8-14)21(4)13(3)22/h5-8,10-11H,9H2,1-4H3,(H2,19,20,23)/t11-/m0/s1. The molecule has 0 saturated carbocycles. The van der Waals surface area contributed by atoms with Crippen LogP contribution in [0.3, 0.4) is 0 Å². The van der Waals surface area contributed by atoms with Gasteiger partial charge >= 0.3 is 6.03 Å². The minimum Gasteiger partial charge on any atom is -0.337 e. The van der Waals surface area contributed by atoms with Crippen molar-refractivity contribution in [2.45, 2.75) is 26.7 Å². The molecule has 2 aromatic rings. The molecule has 0 aliphatic heterocycles. The van der Waals surface area contributed by atoms with Gasteiger partial charge in [0, 0.05) is 48.9 Å². The van der Waals surface area contributed by atoms with Crippen molar-refractivity contribution < 1.29 is 9.59 Å². The molecule has 24 heavy (non-hydrogen) atoms. The number of rotatable bonds is 5. The third kappa shape index (κ3) is 4.79. The number of aromatic nitrogens is 1. The average Bonchev–Trinajstić information content (AvgIpc) is 2.98. The molecule has 3 amide bonds. The largest absolute Gasteiger partial charge is 0.337 e. The number of amides is 3. The lowest BCUT2D eigenvalue weighted by atomic mass is 10.2. The number of benzene rings is 1. The van der Waals surface area contributed by atoms with Crippen LogP contribution in [0.5, 0.6) is 0 Å². The molecule has 1 aromatic heterocycles. The smallest absolute Gasteiger partial charge is 0.319 e. The Kier molecular flexibility index (Phi) is 5.92. The maximum atomic E-state index is 12.0. The molecule has 0 spiro atoms. The summed E-state index contributed by atoms with van der Waals surface area (Å²) in [6.45, 7) is 6.04. The zero-order valence-corrected chi connectivity index (χ0v) is 15.1. The monoisotopic (exact) mass is 346 g/mol. The quantitative estimate of drug-likeness (QED) is 0.872. The minimum absolute atomic E-state index is 0.0656. The molecule has 2 rings (SSSR count). The highest BCUT2D eigenvalue weighted by atomic mass is 32.1. The molecule has 1 atom stereocenters. The highest BCUT2D eigenvalue weighted by Gasteiger charge is 2.12. The zero-order valence-electron chi connectivity index (χ0n) is 14.3. The average molecular weight is 346 g/mol. The molecule has 0 unspecified atom stereocenters. The van der Waals surface area contributed by atoms with E-state index in [0.29, 0.717) is 12.2 Å². The summed E-state index contributed by atoms with van der Waals surface area (Å²) in [5, 5.41) is 6.64. The van der Waals surface area contributed by atoms with E-state index < -0.39 is 0 Å². The summed E-state index contributed by atoms with van der Waals surface area (Å²) >= 11 is 1.64. The molecule has 6 nitrogen and oxygen atoms in total. The fourth-order valence-electron chi connectivity index (χ4n) is 2.08. The molecule has 0 aliphatic carbocycles. The van der Waals surface area contributed by atoms with E-state index in [1.54, 1.807) is 36.6 Å². The molecule has 128 valence electrons. The van der Waals surface area contributed by atoms with Gasteiger partial charge in [0.2, 0.25) is 5.91 Å². The van der Waals surface area contributed by atoms with E-state index in [9.17, 15) is 9.59 Å². The Bertz CT molecular complexity index is 729. The highest BCUT2D eigenvalue weighted by Crippen LogP contribution is 2.21. The SMILES string of the molecule is CC(=O)N(C)c1cccc(NC(=O)NC[C@H](C)c2ncc(C)s2)c1. The summed E-state index contributed by atoms with van der Waals surface area (Å²) in [6.07, 6.45) is 1.84. The summed E-state index contributed by atoms with van der Waals surface area (Å²) in [4.78, 5) is 30.5. The van der Waals surface area contributed by atoms with Gasteiger partial charge in [-0.1, -0.05) is 13.0 Å². The summed E-state index contributed by atoms with van der Waals surface area (Å²) in [7, 11) is 1.69. The van der Waals surface area contributed by atoms with Crippen LogP contribution in [0.25, 0.3) is 0 Å². The zero-order chi connectivity index (χ0) is 17.7. The van der Waals surface area contributed by atoms with Crippen molar-refractivity contribution in [2.75, 3.05) is 23.8 Å². The van der Waals surface area contributed by atoms with E-state index in [2.05, 4.69) is 15.6 Å². The third-order valence-corrected chi connectivity index (χ3v) is 4.74. The molecular weight excluding hydrogens is 324 g/mol. The number of hydrogen-bond donors (Lipinski definition) is 2. The Morgan fingerprint density at radius 2 is 2.12 bits per heavy atom. The van der Waals surface area contributed by atoms with Gasteiger partial charge in [0.05, 0.1) is 5.01 Å². The van der Waals surface area contributed by atoms with Crippen molar-refractivity contribution in [3.63, 3.8) is 0 Å². The molecule has 0 radical (unpaired) electrons. The number of carbonyl (C=O) groups excluding carboxylic acids is 2. The predicted molar refractivity (Wildman–Crippen MR) is 97.8 cm³/mol. The maximum absolute atomic E-state index is 12.0. The van der Waals surface area contributed by atoms with Crippen LogP contribution in [0.15, 0.2) is 30.5 Å². The van der Waals surface area contributed by atoms with Gasteiger partial charge < -0.3 is 15.5 Å². The Labute approximate surface area is 145 Å². The Hall–Kier alpha value is -2.41. The van der Waals surface area contributed by atoms with E-state index >= 15 is 0 Å². The number of carbonyl (C=O) groups is 2. The summed E-state index contributed by atoms with van der Waals surface area (Å²) in [5.74, 6) is 0.0915. The summed E-state index contributed by atoms with van der Waals surface area (Å²) in [5.41, 5.74) is 1.36. The molecule has 7 heteroatoms. The van der Waals surface area contributed by atoms with Gasteiger partial charge in [-0.05, 0) is 25.1 Å². The van der Waals surface area contributed by atoms with Crippen molar-refractivity contribution in [2.24, 2.45) is 0 Å². The lowest BCUT2D eigenvalue weighted by molar-refractivity contribution is -0.116. The van der Waals surface area contributed by atoms with E-state index in [4.69, 9.17) is 0 Å². The van der Waals surface area contributed by atoms with Gasteiger partial charge in [0.25, 0.3) is 0 Å². The first kappa shape index (κ1) is 17.9. The topological polar surface area (TPSA) is 74.3 Å². The van der Waals surface area contributed by atoms with Gasteiger partial charge in [-0.3, -0.25) is 4.79 Å². The Balaban J connectivity index is 1.90. The van der Waals surface area contributed by atoms with Crippen LogP contribution in [0, 0.1) is 6.92 Å². The Morgan fingerprint density at radius 3 is 2.75 bits per heavy atom. The van der Waals surface area contributed by atoms with E-state index in [0.717, 1.165) is 15.6 Å². The number of thiazole rings is 1. The molecule has 2 N–H and O–H groups in total. The van der Waals surface area contributed by atoms with Gasteiger partial charge in [-0.15, -0.1) is 11.3 Å². The van der Waals surface area contributed by atoms with Crippen molar-refractivity contribution in [3.05, 3.63) is 40.3 Å². The first-order chi connectivity index (χ1) is 11.4. The highest BCUT2D eigenvalue weighted by molar-refractivity contribution is 7.11. The second-order valence-electron chi connectivity index (χ2n) is 5.67. The lowest BCUT2D eigenvalue weighted by Gasteiger charge is -2.16. The number of nitrogens with zero attached hydrogens (tertiary/aromatic N) is 2. The molecule has 0 bridgehead atoms. The molecule has 1 heterocycles. The van der Waals surface area contributed by atoms with E-state index in [1.165, 1.54) is 11.8 Å². The predicted octanol–water partition coefficient (Wildman–Crippen LogP) is 3.36. The molecule has 0 aliphatic rings. The van der Waals surface area contributed by atoms with Gasteiger partial charge in [0.15, 0.2) is 0 Å². The number of anilines is 2. The Morgan fingerprint density at radius 1 is 1.38 bits per heavy atom. The van der Waals surface area contributed by atoms with Gasteiger partial charge in [-0.25, -0.2) is 9.78 Å². The molecule has 1 aromatic carbocycles. The van der Waals surface area contributed by atoms with E-state index in [1.807, 2.05) is 26.1 Å². The third-order valence-electron chi connectivity index (χ3n) is 3.59. The number of aryl methyl sites for hydroxylation is 1. The van der Waals surface area contributed by atoms with Crippen LogP contribution in [0.1, 0.15) is 29.7 Å². The van der Waals surface area contributed by atoms with Crippen molar-refractivity contribution in [3.8, 4) is 0 Å². The van der Waals surface area contributed by atoms with Crippen molar-refractivity contribution >= 4 is 34.6 Å². The van der Waals surface area contributed by atoms with Crippen molar-refractivity contribution in [1.82, 2.24) is 10.3 Å². The fraction of sp³-hybridized carbons (Fsp3) is 0.353. The fourth-order valence-corrected chi connectivity index (χ4v) is 2.91. The van der Waals surface area contributed by atoms with E-state index in [-0.39, 0.29) is 17.9 Å². The van der Waals surface area contributed by atoms with Crippen LogP contribution in [0.4, 0.5) is 16.2 Å². The maximum Gasteiger partial charge on any atom is 0.319 e. The minimum atomic E-state index is -0.280. The first-order valence-corrected chi connectivity index (χ1v) is 8.50. The molecule has 0 fully saturated rings. The van der Waals surface area contributed by atoms with Crippen LogP contribution in [-0.2, 0) is 4.79 Å². The normalized spacial score (nSPS) is 11.7. The summed E-state index contributed by atoms with van der Waals surface area (Å²) < 4.78 is 0.